The molecule has 2 heterocycles. The molecule has 0 spiro atoms. The van der Waals surface area contributed by atoms with Gasteiger partial charge in [-0.3, -0.25) is 0 Å². The van der Waals surface area contributed by atoms with Crippen molar-refractivity contribution in [3.63, 3.8) is 0 Å². The van der Waals surface area contributed by atoms with Crippen LogP contribution >= 0.6 is 11.5 Å². The van der Waals surface area contributed by atoms with E-state index in [4.69, 9.17) is 15.3 Å². The van der Waals surface area contributed by atoms with Crippen LogP contribution in [0.5, 0.6) is 0 Å². The molecule has 0 saturated heterocycles. The van der Waals surface area contributed by atoms with Gasteiger partial charge in [-0.25, -0.2) is 4.79 Å². The van der Waals surface area contributed by atoms with Crippen LogP contribution in [0.15, 0.2) is 15.9 Å². The van der Waals surface area contributed by atoms with E-state index in [0.29, 0.717) is 11.5 Å². The molecule has 0 aromatic carbocycles. The van der Waals surface area contributed by atoms with E-state index in [9.17, 15) is 4.79 Å². The fourth-order valence-corrected chi connectivity index (χ4v) is 1.60. The van der Waals surface area contributed by atoms with E-state index in [0.717, 1.165) is 0 Å². The smallest absolute Gasteiger partial charge is 0.339 e. The van der Waals surface area contributed by atoms with Gasteiger partial charge in [-0.2, -0.15) is 0 Å². The first-order chi connectivity index (χ1) is 7.22. The van der Waals surface area contributed by atoms with E-state index in [2.05, 4.69) is 9.59 Å². The molecule has 0 fully saturated rings. The first-order valence-corrected chi connectivity index (χ1v) is 4.89. The highest BCUT2D eigenvalue weighted by molar-refractivity contribution is 7.03. The van der Waals surface area contributed by atoms with E-state index in [1.54, 1.807) is 5.38 Å². The van der Waals surface area contributed by atoms with Crippen LogP contribution in [0, 0.1) is 0 Å². The number of rotatable bonds is 3. The predicted octanol–water partition coefficient (Wildman–Crippen LogP) is 0.955. The number of furan rings is 1. The van der Waals surface area contributed by atoms with Crippen LogP contribution in [0.3, 0.4) is 0 Å². The van der Waals surface area contributed by atoms with Crippen molar-refractivity contribution in [2.75, 3.05) is 0 Å². The largest absolute Gasteiger partial charge is 0.478 e. The summed E-state index contributed by atoms with van der Waals surface area (Å²) < 4.78 is 8.93. The third-order valence-electron chi connectivity index (χ3n) is 1.84. The standard InChI is InChI=1S/C8H7N3O3S/c9-2-7-4(8(12)13)1-6(14-7)5-3-15-11-10-5/h1,3H,2,9H2,(H,12,13). The summed E-state index contributed by atoms with van der Waals surface area (Å²) in [6.45, 7) is 0.0409. The van der Waals surface area contributed by atoms with Crippen LogP contribution in [-0.2, 0) is 6.54 Å². The maximum atomic E-state index is 10.8. The van der Waals surface area contributed by atoms with Gasteiger partial charge in [0.1, 0.15) is 17.0 Å². The number of hydrogen-bond acceptors (Lipinski definition) is 6. The van der Waals surface area contributed by atoms with Crippen molar-refractivity contribution in [1.29, 1.82) is 0 Å². The zero-order valence-electron chi connectivity index (χ0n) is 7.51. The molecule has 0 radical (unpaired) electrons. The third-order valence-corrected chi connectivity index (χ3v) is 2.34. The van der Waals surface area contributed by atoms with Gasteiger partial charge in [-0.1, -0.05) is 4.49 Å². The third kappa shape index (κ3) is 1.74. The summed E-state index contributed by atoms with van der Waals surface area (Å²) >= 11 is 1.17. The highest BCUT2D eigenvalue weighted by Crippen LogP contribution is 2.24. The van der Waals surface area contributed by atoms with Crippen LogP contribution in [-0.4, -0.2) is 20.7 Å². The summed E-state index contributed by atoms with van der Waals surface area (Å²) in [6, 6.07) is 1.40. The molecular formula is C8H7N3O3S. The minimum Gasteiger partial charge on any atom is -0.478 e. The monoisotopic (exact) mass is 225 g/mol. The molecule has 15 heavy (non-hydrogen) atoms. The Hall–Kier alpha value is -1.73. The SMILES string of the molecule is NCc1oc(-c2csnn2)cc1C(=O)O. The zero-order valence-corrected chi connectivity index (χ0v) is 8.32. The fraction of sp³-hybridized carbons (Fsp3) is 0.125. The van der Waals surface area contributed by atoms with Gasteiger partial charge in [0.25, 0.3) is 0 Å². The normalized spacial score (nSPS) is 10.5. The Balaban J connectivity index is 2.48. The number of carbonyl (C=O) groups is 1. The van der Waals surface area contributed by atoms with Gasteiger partial charge in [-0.15, -0.1) is 5.10 Å². The van der Waals surface area contributed by atoms with Gasteiger partial charge in [0.15, 0.2) is 5.76 Å². The lowest BCUT2D eigenvalue weighted by atomic mass is 10.2. The van der Waals surface area contributed by atoms with E-state index in [-0.39, 0.29) is 17.9 Å². The molecule has 7 heteroatoms. The van der Waals surface area contributed by atoms with Crippen molar-refractivity contribution in [1.82, 2.24) is 9.59 Å². The van der Waals surface area contributed by atoms with Crippen molar-refractivity contribution in [2.45, 2.75) is 6.54 Å². The van der Waals surface area contributed by atoms with E-state index < -0.39 is 5.97 Å². The van der Waals surface area contributed by atoms with E-state index >= 15 is 0 Å². The molecule has 2 aromatic rings. The second kappa shape index (κ2) is 3.79. The molecule has 0 aliphatic carbocycles. The molecule has 0 atom stereocenters. The minimum atomic E-state index is -1.06. The molecule has 78 valence electrons. The maximum Gasteiger partial charge on any atom is 0.339 e. The molecule has 0 bridgehead atoms. The fourth-order valence-electron chi connectivity index (χ4n) is 1.16. The number of nitrogens with zero attached hydrogens (tertiary/aromatic N) is 2. The average Bonchev–Trinajstić information content (AvgIpc) is 2.86. The molecule has 0 aliphatic rings. The number of carboxylic acids is 1. The molecule has 6 nitrogen and oxygen atoms in total. The average molecular weight is 225 g/mol. The van der Waals surface area contributed by atoms with Crippen molar-refractivity contribution < 1.29 is 14.3 Å². The lowest BCUT2D eigenvalue weighted by Gasteiger charge is -1.91. The molecule has 2 aromatic heterocycles. The van der Waals surface area contributed by atoms with Gasteiger partial charge in [0.05, 0.1) is 6.54 Å². The summed E-state index contributed by atoms with van der Waals surface area (Å²) in [6.07, 6.45) is 0. The van der Waals surface area contributed by atoms with Crippen LogP contribution in [0.2, 0.25) is 0 Å². The van der Waals surface area contributed by atoms with Gasteiger partial charge in [0.2, 0.25) is 0 Å². The Kier molecular flexibility index (Phi) is 2.48. The maximum absolute atomic E-state index is 10.8. The molecule has 0 unspecified atom stereocenters. The zero-order chi connectivity index (χ0) is 10.8. The van der Waals surface area contributed by atoms with Gasteiger partial charge in [-0.05, 0) is 11.5 Å². The van der Waals surface area contributed by atoms with Crippen molar-refractivity contribution in [3.05, 3.63) is 22.8 Å². The van der Waals surface area contributed by atoms with E-state index in [1.165, 1.54) is 17.6 Å². The molecule has 0 saturated carbocycles. The highest BCUT2D eigenvalue weighted by Gasteiger charge is 2.17. The van der Waals surface area contributed by atoms with E-state index in [1.807, 2.05) is 0 Å². The van der Waals surface area contributed by atoms with Gasteiger partial charge < -0.3 is 15.3 Å². The van der Waals surface area contributed by atoms with Crippen LogP contribution < -0.4 is 5.73 Å². The summed E-state index contributed by atoms with van der Waals surface area (Å²) in [5, 5.41) is 14.3. The molecule has 0 amide bonds. The topological polar surface area (TPSA) is 102 Å². The van der Waals surface area contributed by atoms with Crippen LogP contribution in [0.1, 0.15) is 16.1 Å². The second-order valence-electron chi connectivity index (χ2n) is 2.75. The highest BCUT2D eigenvalue weighted by atomic mass is 32.1. The Bertz CT molecular complexity index is 477. The Morgan fingerprint density at radius 1 is 1.67 bits per heavy atom. The van der Waals surface area contributed by atoms with Crippen LogP contribution in [0.25, 0.3) is 11.5 Å². The molecule has 0 aliphatic heterocycles. The van der Waals surface area contributed by atoms with Crippen molar-refractivity contribution in [3.8, 4) is 11.5 Å². The number of nitrogens with two attached hydrogens (primary N) is 1. The first kappa shape index (κ1) is 9.81. The summed E-state index contributed by atoms with van der Waals surface area (Å²) in [5.74, 6) is -0.444. The number of aromatic nitrogens is 2. The Morgan fingerprint density at radius 3 is 2.93 bits per heavy atom. The van der Waals surface area contributed by atoms with Gasteiger partial charge >= 0.3 is 5.97 Å². The second-order valence-corrected chi connectivity index (χ2v) is 3.36. The van der Waals surface area contributed by atoms with Crippen molar-refractivity contribution >= 4 is 17.5 Å². The predicted molar refractivity (Wildman–Crippen MR) is 52.5 cm³/mol. The number of carboxylic acid groups (broad SMARTS) is 1. The molecule has 2 rings (SSSR count). The van der Waals surface area contributed by atoms with Crippen molar-refractivity contribution in [2.24, 2.45) is 5.73 Å². The quantitative estimate of drug-likeness (QED) is 0.806. The van der Waals surface area contributed by atoms with Gasteiger partial charge in [0, 0.05) is 11.4 Å². The number of aromatic carboxylic acids is 1. The summed E-state index contributed by atoms with van der Waals surface area (Å²) in [5.41, 5.74) is 5.95. The Labute approximate surface area is 88.5 Å². The summed E-state index contributed by atoms with van der Waals surface area (Å²) in [7, 11) is 0. The number of hydrogen-bond donors (Lipinski definition) is 2. The lowest BCUT2D eigenvalue weighted by Crippen LogP contribution is -2.03. The molecule has 3 N–H and O–H groups in total. The van der Waals surface area contributed by atoms with Crippen LogP contribution in [0.4, 0.5) is 0 Å². The Morgan fingerprint density at radius 2 is 2.47 bits per heavy atom. The summed E-state index contributed by atoms with van der Waals surface area (Å²) in [4.78, 5) is 10.8. The first-order valence-electron chi connectivity index (χ1n) is 4.06. The molecular weight excluding hydrogens is 218 g/mol. The minimum absolute atomic E-state index is 0.0409. The lowest BCUT2D eigenvalue weighted by molar-refractivity contribution is 0.0694.